The highest BCUT2D eigenvalue weighted by atomic mass is 31.2. The smallest absolute Gasteiger partial charge is 0.462 e. The molecule has 0 aromatic rings. The molecule has 0 aromatic carbocycles. The molecular weight excluding hydrogens is 882 g/mol. The first-order chi connectivity index (χ1) is 33.8. The van der Waals surface area contributed by atoms with Crippen molar-refractivity contribution in [3.63, 3.8) is 0 Å². The lowest BCUT2D eigenvalue weighted by molar-refractivity contribution is -0.161. The van der Waals surface area contributed by atoms with Crippen molar-refractivity contribution in [1.29, 1.82) is 0 Å². The molecule has 394 valence electrons. The van der Waals surface area contributed by atoms with E-state index in [0.29, 0.717) is 6.42 Å². The number of rotatable bonds is 50. The Morgan fingerprint density at radius 3 is 1.20 bits per heavy atom. The van der Waals surface area contributed by atoms with E-state index in [1.54, 1.807) is 0 Å². The highest BCUT2D eigenvalue weighted by Gasteiger charge is 2.26. The fraction of sp³-hybridized carbons (Fsp3) is 0.661. The quantitative estimate of drug-likeness (QED) is 0.0264. The van der Waals surface area contributed by atoms with Crippen LogP contribution in [0.25, 0.3) is 0 Å². The molecular formula is C59H100NO8P. The van der Waals surface area contributed by atoms with Gasteiger partial charge in [0.25, 0.3) is 0 Å². The van der Waals surface area contributed by atoms with Crippen LogP contribution in [0.15, 0.2) is 109 Å². The molecule has 9 nitrogen and oxygen atoms in total. The van der Waals surface area contributed by atoms with E-state index >= 15 is 0 Å². The van der Waals surface area contributed by atoms with Gasteiger partial charge < -0.3 is 20.1 Å². The second-order valence-electron chi connectivity index (χ2n) is 17.7. The Morgan fingerprint density at radius 1 is 0.449 bits per heavy atom. The average molecular weight is 982 g/mol. The highest BCUT2D eigenvalue weighted by molar-refractivity contribution is 7.47. The van der Waals surface area contributed by atoms with Crippen LogP contribution >= 0.6 is 7.82 Å². The van der Waals surface area contributed by atoms with Crippen LogP contribution in [0.4, 0.5) is 0 Å². The summed E-state index contributed by atoms with van der Waals surface area (Å²) in [7, 11) is -4.40. The molecule has 2 unspecified atom stereocenters. The number of unbranched alkanes of at least 4 members (excludes halogenated alkanes) is 19. The fourth-order valence-corrected chi connectivity index (χ4v) is 7.88. The number of nitrogens with two attached hydrogens (primary N) is 1. The van der Waals surface area contributed by atoms with E-state index in [4.69, 9.17) is 24.3 Å². The summed E-state index contributed by atoms with van der Waals surface area (Å²) in [6.45, 7) is 3.59. The molecule has 0 rings (SSSR count). The largest absolute Gasteiger partial charge is 0.472 e. The first-order valence-corrected chi connectivity index (χ1v) is 28.9. The normalized spacial score (nSPS) is 14.0. The molecule has 3 N–H and O–H groups in total. The molecule has 0 aromatic heterocycles. The predicted molar refractivity (Wildman–Crippen MR) is 293 cm³/mol. The monoisotopic (exact) mass is 982 g/mol. The average Bonchev–Trinajstić information content (AvgIpc) is 3.34. The van der Waals surface area contributed by atoms with Crippen LogP contribution in [0.2, 0.25) is 0 Å². The van der Waals surface area contributed by atoms with Crippen LogP contribution in [-0.2, 0) is 32.7 Å². The Morgan fingerprint density at radius 2 is 0.797 bits per heavy atom. The molecule has 2 atom stereocenters. The van der Waals surface area contributed by atoms with E-state index < -0.39 is 32.5 Å². The maximum absolute atomic E-state index is 12.7. The second kappa shape index (κ2) is 54.0. The number of phosphoric acid groups is 1. The summed E-state index contributed by atoms with van der Waals surface area (Å²) < 4.78 is 33.0. The maximum Gasteiger partial charge on any atom is 0.472 e. The molecule has 0 radical (unpaired) electrons. The summed E-state index contributed by atoms with van der Waals surface area (Å²) in [5, 5.41) is 0. The molecule has 0 bridgehead atoms. The van der Waals surface area contributed by atoms with Crippen molar-refractivity contribution in [3.8, 4) is 0 Å². The lowest BCUT2D eigenvalue weighted by atomic mass is 10.1. The third-order valence-electron chi connectivity index (χ3n) is 11.1. The van der Waals surface area contributed by atoms with Crippen molar-refractivity contribution < 1.29 is 37.6 Å². The number of allylic oxidation sites excluding steroid dienone is 18. The van der Waals surface area contributed by atoms with Crippen LogP contribution in [-0.4, -0.2) is 49.3 Å². The summed E-state index contributed by atoms with van der Waals surface area (Å²) in [5.41, 5.74) is 5.37. The molecule has 0 aliphatic heterocycles. The minimum atomic E-state index is -4.40. The van der Waals surface area contributed by atoms with Crippen molar-refractivity contribution >= 4 is 19.8 Å². The zero-order valence-electron chi connectivity index (χ0n) is 43.8. The van der Waals surface area contributed by atoms with Gasteiger partial charge in [-0.2, -0.15) is 0 Å². The van der Waals surface area contributed by atoms with Gasteiger partial charge >= 0.3 is 19.8 Å². The Bertz CT molecular complexity index is 1490. The topological polar surface area (TPSA) is 134 Å². The van der Waals surface area contributed by atoms with E-state index in [1.165, 1.54) is 83.5 Å². The van der Waals surface area contributed by atoms with E-state index in [0.717, 1.165) is 103 Å². The molecule has 0 amide bonds. The molecule has 0 saturated heterocycles. The summed E-state index contributed by atoms with van der Waals surface area (Å²) in [5.74, 6) is -0.865. The van der Waals surface area contributed by atoms with Gasteiger partial charge in [0.1, 0.15) is 6.61 Å². The Hall–Kier alpha value is -3.33. The minimum absolute atomic E-state index is 0.0430. The van der Waals surface area contributed by atoms with Crippen molar-refractivity contribution in [2.24, 2.45) is 5.73 Å². The number of phosphoric ester groups is 1. The van der Waals surface area contributed by atoms with Crippen LogP contribution in [0.1, 0.15) is 219 Å². The number of carbonyl (C=O) groups excluding carboxylic acids is 2. The first kappa shape index (κ1) is 65.7. The van der Waals surface area contributed by atoms with E-state index in [9.17, 15) is 19.0 Å². The highest BCUT2D eigenvalue weighted by Crippen LogP contribution is 2.43. The van der Waals surface area contributed by atoms with Gasteiger partial charge in [-0.3, -0.25) is 18.6 Å². The molecule has 0 heterocycles. The molecule has 0 aliphatic carbocycles. The van der Waals surface area contributed by atoms with E-state index in [1.807, 2.05) is 0 Å². The van der Waals surface area contributed by atoms with Crippen molar-refractivity contribution in [2.75, 3.05) is 26.4 Å². The fourth-order valence-electron chi connectivity index (χ4n) is 7.12. The minimum Gasteiger partial charge on any atom is -0.462 e. The third-order valence-corrected chi connectivity index (χ3v) is 12.1. The number of ether oxygens (including phenoxy) is 2. The summed E-state index contributed by atoms with van der Waals surface area (Å²) in [6, 6.07) is 0. The first-order valence-electron chi connectivity index (χ1n) is 27.4. The second-order valence-corrected chi connectivity index (χ2v) is 19.2. The lowest BCUT2D eigenvalue weighted by Crippen LogP contribution is -2.29. The SMILES string of the molecule is CC/C=C\C/C=C\C/C=C\C/C=C\C/C=C\C/C=C\C/C=C\C/C=C\CCCCCCC(=O)OC(COC(=O)CCCCCCCCCCC/C=C\CCCCCCCC)COP(=O)(O)OCCN. The maximum atomic E-state index is 12.7. The van der Waals surface area contributed by atoms with Gasteiger partial charge in [0.05, 0.1) is 13.2 Å². The third kappa shape index (κ3) is 53.9. The summed E-state index contributed by atoms with van der Waals surface area (Å²) in [4.78, 5) is 35.1. The van der Waals surface area contributed by atoms with Crippen molar-refractivity contribution in [1.82, 2.24) is 0 Å². The van der Waals surface area contributed by atoms with Crippen LogP contribution in [0.5, 0.6) is 0 Å². The Kier molecular flexibility index (Phi) is 51.4. The Labute approximate surface area is 422 Å². The molecule has 0 aliphatic rings. The standard InChI is InChI=1S/C59H100NO8P/c1-3-5-7-9-11-13-15-17-19-21-23-24-25-26-27-28-29-30-31-32-34-36-38-40-42-44-46-48-50-52-59(62)68-57(56-67-69(63,64)66-54-53-60)55-65-58(61)51-49-47-45-43-41-39-37-35-33-22-20-18-16-14-12-10-8-6-4-2/h5,7,11,13,17-20,23-24,26-27,29-30,32,34,38,40,57H,3-4,6,8-10,12,14-16,21-22,25,28,31,33,35-37,39,41-56,60H2,1-2H3,(H,63,64)/b7-5-,13-11-,19-17-,20-18-,24-23-,27-26-,30-29-,34-32-,40-38-. The van der Waals surface area contributed by atoms with Gasteiger partial charge in [-0.15, -0.1) is 0 Å². The molecule has 69 heavy (non-hydrogen) atoms. The van der Waals surface area contributed by atoms with E-state index in [2.05, 4.69) is 123 Å². The molecule has 0 fully saturated rings. The summed E-state index contributed by atoms with van der Waals surface area (Å²) in [6.07, 6.45) is 72.7. The summed E-state index contributed by atoms with van der Waals surface area (Å²) >= 11 is 0. The van der Waals surface area contributed by atoms with E-state index in [-0.39, 0.29) is 32.6 Å². The number of carbonyl (C=O) groups is 2. The van der Waals surface area contributed by atoms with Gasteiger partial charge in [0.2, 0.25) is 0 Å². The zero-order valence-corrected chi connectivity index (χ0v) is 44.6. The van der Waals surface area contributed by atoms with Crippen LogP contribution < -0.4 is 5.73 Å². The van der Waals surface area contributed by atoms with Crippen molar-refractivity contribution in [2.45, 2.75) is 225 Å². The lowest BCUT2D eigenvalue weighted by Gasteiger charge is -2.19. The number of hydrogen-bond donors (Lipinski definition) is 2. The van der Waals surface area contributed by atoms with Gasteiger partial charge in [-0.25, -0.2) is 4.57 Å². The van der Waals surface area contributed by atoms with Crippen molar-refractivity contribution in [3.05, 3.63) is 109 Å². The van der Waals surface area contributed by atoms with Gasteiger partial charge in [-0.1, -0.05) is 213 Å². The predicted octanol–water partition coefficient (Wildman–Crippen LogP) is 17.1. The van der Waals surface area contributed by atoms with Gasteiger partial charge in [-0.05, 0) is 103 Å². The number of hydrogen-bond acceptors (Lipinski definition) is 8. The van der Waals surface area contributed by atoms with Crippen LogP contribution in [0, 0.1) is 0 Å². The molecule has 10 heteroatoms. The zero-order chi connectivity index (χ0) is 50.2. The Balaban J connectivity index is 4.12. The van der Waals surface area contributed by atoms with Gasteiger partial charge in [0, 0.05) is 19.4 Å². The molecule has 0 spiro atoms. The molecule has 0 saturated carbocycles. The number of esters is 2. The van der Waals surface area contributed by atoms with Gasteiger partial charge in [0.15, 0.2) is 6.10 Å². The van der Waals surface area contributed by atoms with Crippen LogP contribution in [0.3, 0.4) is 0 Å².